The summed E-state index contributed by atoms with van der Waals surface area (Å²) in [6, 6.07) is 11.1. The molecule has 3 heteroatoms. The summed E-state index contributed by atoms with van der Waals surface area (Å²) in [5.74, 6) is 0.00234. The van der Waals surface area contributed by atoms with Crippen LogP contribution in [0.5, 0.6) is 5.75 Å². The highest BCUT2D eigenvalue weighted by molar-refractivity contribution is 6.36. The van der Waals surface area contributed by atoms with Crippen molar-refractivity contribution in [2.24, 2.45) is 0 Å². The third kappa shape index (κ3) is 2.16. The second-order valence-electron chi connectivity index (χ2n) is 3.65. The molecule has 1 N–H and O–H groups in total. The number of phenols is 1. The van der Waals surface area contributed by atoms with E-state index in [1.165, 1.54) is 11.6 Å². The van der Waals surface area contributed by atoms with E-state index >= 15 is 0 Å². The average Bonchev–Trinajstić information content (AvgIpc) is 2.25. The van der Waals surface area contributed by atoms with Crippen LogP contribution >= 0.6 is 23.2 Å². The fourth-order valence-electron chi connectivity index (χ4n) is 1.49. The van der Waals surface area contributed by atoms with Gasteiger partial charge in [0.15, 0.2) is 0 Å². The lowest BCUT2D eigenvalue weighted by atomic mass is 10.0. The van der Waals surface area contributed by atoms with Crippen LogP contribution in [0.1, 0.15) is 5.56 Å². The third-order valence-electron chi connectivity index (χ3n) is 2.40. The van der Waals surface area contributed by atoms with E-state index in [1.54, 1.807) is 6.07 Å². The first-order chi connectivity index (χ1) is 7.58. The van der Waals surface area contributed by atoms with Gasteiger partial charge in [0.1, 0.15) is 5.75 Å². The van der Waals surface area contributed by atoms with E-state index in [4.69, 9.17) is 23.2 Å². The van der Waals surface area contributed by atoms with Gasteiger partial charge < -0.3 is 5.11 Å². The molecule has 0 saturated carbocycles. The van der Waals surface area contributed by atoms with Crippen LogP contribution in [0.3, 0.4) is 0 Å². The smallest absolute Gasteiger partial charge is 0.135 e. The lowest BCUT2D eigenvalue weighted by molar-refractivity contribution is 0.475. The molecule has 0 aliphatic heterocycles. The van der Waals surface area contributed by atoms with E-state index in [0.29, 0.717) is 10.0 Å². The topological polar surface area (TPSA) is 20.2 Å². The molecular formula is C13H10Cl2O. The van der Waals surface area contributed by atoms with Gasteiger partial charge in [-0.1, -0.05) is 53.0 Å². The molecule has 0 aliphatic carbocycles. The van der Waals surface area contributed by atoms with E-state index in [0.717, 1.165) is 11.1 Å². The van der Waals surface area contributed by atoms with E-state index in [9.17, 15) is 5.11 Å². The van der Waals surface area contributed by atoms with Gasteiger partial charge in [-0.05, 0) is 18.6 Å². The van der Waals surface area contributed by atoms with Crippen molar-refractivity contribution in [3.8, 4) is 16.9 Å². The van der Waals surface area contributed by atoms with Crippen molar-refractivity contribution in [3.05, 3.63) is 52.0 Å². The van der Waals surface area contributed by atoms with Gasteiger partial charge in [0.05, 0.1) is 10.0 Å². The Hall–Kier alpha value is -1.18. The van der Waals surface area contributed by atoms with Crippen LogP contribution in [0.25, 0.3) is 11.1 Å². The van der Waals surface area contributed by atoms with Crippen molar-refractivity contribution in [1.82, 2.24) is 0 Å². The second-order valence-corrected chi connectivity index (χ2v) is 4.46. The SMILES string of the molecule is Cc1ccc(-c2cc(Cl)c(O)cc2Cl)cc1. The average molecular weight is 253 g/mol. The summed E-state index contributed by atoms with van der Waals surface area (Å²) in [5.41, 5.74) is 2.99. The summed E-state index contributed by atoms with van der Waals surface area (Å²) >= 11 is 11.9. The first-order valence-corrected chi connectivity index (χ1v) is 5.58. The van der Waals surface area contributed by atoms with Crippen LogP contribution in [-0.2, 0) is 0 Å². The number of aryl methyl sites for hydroxylation is 1. The number of rotatable bonds is 1. The Morgan fingerprint density at radius 1 is 0.938 bits per heavy atom. The largest absolute Gasteiger partial charge is 0.506 e. The molecule has 0 radical (unpaired) electrons. The second kappa shape index (κ2) is 4.36. The molecule has 82 valence electrons. The van der Waals surface area contributed by atoms with E-state index in [1.807, 2.05) is 31.2 Å². The molecule has 0 bridgehead atoms. The number of aromatic hydroxyl groups is 1. The van der Waals surface area contributed by atoms with Gasteiger partial charge in [0, 0.05) is 11.6 Å². The predicted molar refractivity (Wildman–Crippen MR) is 68.3 cm³/mol. The number of benzene rings is 2. The van der Waals surface area contributed by atoms with Crippen molar-refractivity contribution < 1.29 is 5.11 Å². The van der Waals surface area contributed by atoms with Crippen molar-refractivity contribution in [1.29, 1.82) is 0 Å². The van der Waals surface area contributed by atoms with Crippen LogP contribution in [0.4, 0.5) is 0 Å². The Bertz CT molecular complexity index is 518. The van der Waals surface area contributed by atoms with Gasteiger partial charge in [-0.25, -0.2) is 0 Å². The highest BCUT2D eigenvalue weighted by Gasteiger charge is 2.08. The highest BCUT2D eigenvalue weighted by atomic mass is 35.5. The Morgan fingerprint density at radius 3 is 2.19 bits per heavy atom. The lowest BCUT2D eigenvalue weighted by Crippen LogP contribution is -1.81. The molecule has 2 rings (SSSR count). The summed E-state index contributed by atoms with van der Waals surface area (Å²) in [4.78, 5) is 0. The predicted octanol–water partition coefficient (Wildman–Crippen LogP) is 4.67. The van der Waals surface area contributed by atoms with Gasteiger partial charge >= 0.3 is 0 Å². The molecule has 16 heavy (non-hydrogen) atoms. The fourth-order valence-corrected chi connectivity index (χ4v) is 1.92. The maximum Gasteiger partial charge on any atom is 0.135 e. The van der Waals surface area contributed by atoms with Crippen LogP contribution in [0.2, 0.25) is 10.0 Å². The first-order valence-electron chi connectivity index (χ1n) is 4.83. The Labute approximate surface area is 104 Å². The molecule has 2 aromatic rings. The number of phenolic OH excluding ortho intramolecular Hbond substituents is 1. The molecule has 0 aromatic heterocycles. The minimum atomic E-state index is 0.00234. The molecule has 0 amide bonds. The van der Waals surface area contributed by atoms with Crippen LogP contribution in [-0.4, -0.2) is 5.11 Å². The maximum absolute atomic E-state index is 9.40. The minimum absolute atomic E-state index is 0.00234. The molecule has 0 spiro atoms. The maximum atomic E-state index is 9.40. The van der Waals surface area contributed by atoms with Gasteiger partial charge in [-0.3, -0.25) is 0 Å². The summed E-state index contributed by atoms with van der Waals surface area (Å²) in [5, 5.41) is 10.2. The zero-order valence-electron chi connectivity index (χ0n) is 8.67. The molecule has 0 fully saturated rings. The summed E-state index contributed by atoms with van der Waals surface area (Å²) in [6.07, 6.45) is 0. The van der Waals surface area contributed by atoms with Gasteiger partial charge in [-0.2, -0.15) is 0 Å². The van der Waals surface area contributed by atoms with Crippen molar-refractivity contribution >= 4 is 23.2 Å². The zero-order valence-corrected chi connectivity index (χ0v) is 10.2. The van der Waals surface area contributed by atoms with Crippen molar-refractivity contribution in [2.45, 2.75) is 6.92 Å². The van der Waals surface area contributed by atoms with Crippen molar-refractivity contribution in [2.75, 3.05) is 0 Å². The van der Waals surface area contributed by atoms with Crippen LogP contribution < -0.4 is 0 Å². The summed E-state index contributed by atoms with van der Waals surface area (Å²) in [7, 11) is 0. The Kier molecular flexibility index (Phi) is 3.08. The molecule has 0 aliphatic rings. The van der Waals surface area contributed by atoms with E-state index in [2.05, 4.69) is 0 Å². The molecule has 0 saturated heterocycles. The summed E-state index contributed by atoms with van der Waals surface area (Å²) in [6.45, 7) is 2.02. The molecule has 0 heterocycles. The first kappa shape index (κ1) is 11.3. The highest BCUT2D eigenvalue weighted by Crippen LogP contribution is 2.35. The Balaban J connectivity index is 2.56. The number of hydrogen-bond acceptors (Lipinski definition) is 1. The summed E-state index contributed by atoms with van der Waals surface area (Å²) < 4.78 is 0. The Morgan fingerprint density at radius 2 is 1.56 bits per heavy atom. The molecule has 2 aromatic carbocycles. The number of hydrogen-bond donors (Lipinski definition) is 1. The van der Waals surface area contributed by atoms with Gasteiger partial charge in [-0.15, -0.1) is 0 Å². The quantitative estimate of drug-likeness (QED) is 0.782. The molecule has 0 unspecified atom stereocenters. The zero-order chi connectivity index (χ0) is 11.7. The van der Waals surface area contributed by atoms with Crippen LogP contribution in [0, 0.1) is 6.92 Å². The molecule has 1 nitrogen and oxygen atoms in total. The number of halogens is 2. The normalized spacial score (nSPS) is 10.4. The third-order valence-corrected chi connectivity index (χ3v) is 3.01. The lowest BCUT2D eigenvalue weighted by Gasteiger charge is -2.07. The van der Waals surface area contributed by atoms with Crippen molar-refractivity contribution in [3.63, 3.8) is 0 Å². The molecular weight excluding hydrogens is 243 g/mol. The standard InChI is InChI=1S/C13H10Cl2O/c1-8-2-4-9(5-3-8)10-6-12(15)13(16)7-11(10)14/h2-7,16H,1H3. The fraction of sp³-hybridized carbons (Fsp3) is 0.0769. The van der Waals surface area contributed by atoms with Gasteiger partial charge in [0.2, 0.25) is 0 Å². The van der Waals surface area contributed by atoms with Crippen LogP contribution in [0.15, 0.2) is 36.4 Å². The molecule has 0 atom stereocenters. The van der Waals surface area contributed by atoms with Gasteiger partial charge in [0.25, 0.3) is 0 Å². The minimum Gasteiger partial charge on any atom is -0.506 e. The monoisotopic (exact) mass is 252 g/mol. The van der Waals surface area contributed by atoms with E-state index < -0.39 is 0 Å². The van der Waals surface area contributed by atoms with E-state index in [-0.39, 0.29) is 5.75 Å².